The quantitative estimate of drug-likeness (QED) is 0.711. The van der Waals surface area contributed by atoms with Crippen LogP contribution in [-0.4, -0.2) is 24.4 Å². The molecule has 1 aliphatic heterocycles. The van der Waals surface area contributed by atoms with E-state index in [9.17, 15) is 9.59 Å². The highest BCUT2D eigenvalue weighted by molar-refractivity contribution is 5.97. The van der Waals surface area contributed by atoms with E-state index < -0.39 is 6.04 Å². The summed E-state index contributed by atoms with van der Waals surface area (Å²) in [5.41, 5.74) is 6.68. The van der Waals surface area contributed by atoms with Gasteiger partial charge in [-0.25, -0.2) is 0 Å². The fraction of sp³-hybridized carbons (Fsp3) is 0.385. The first kappa shape index (κ1) is 15.3. The Morgan fingerprint density at radius 3 is 2.63 bits per heavy atom. The maximum atomic E-state index is 12.0. The van der Waals surface area contributed by atoms with Gasteiger partial charge in [0.15, 0.2) is 0 Å². The van der Waals surface area contributed by atoms with Crippen LogP contribution in [0.5, 0.6) is 0 Å². The fourth-order valence-corrected chi connectivity index (χ4v) is 1.95. The van der Waals surface area contributed by atoms with Crippen molar-refractivity contribution in [2.75, 3.05) is 12.3 Å². The van der Waals surface area contributed by atoms with E-state index in [0.717, 1.165) is 12.8 Å². The third-order valence-corrected chi connectivity index (χ3v) is 3.01. The number of nitrogens with two attached hydrogens (primary N) is 1. The van der Waals surface area contributed by atoms with Gasteiger partial charge in [-0.1, -0.05) is 0 Å². The van der Waals surface area contributed by atoms with Gasteiger partial charge >= 0.3 is 0 Å². The van der Waals surface area contributed by atoms with E-state index in [1.54, 1.807) is 24.3 Å². The van der Waals surface area contributed by atoms with Gasteiger partial charge in [0.05, 0.1) is 0 Å². The molecular formula is C13H18ClN3O2. The number of benzene rings is 1. The summed E-state index contributed by atoms with van der Waals surface area (Å²) in [5.74, 6) is -0.339. The molecule has 1 aliphatic rings. The fourth-order valence-electron chi connectivity index (χ4n) is 1.95. The molecule has 0 aliphatic carbocycles. The largest absolute Gasteiger partial charge is 0.399 e. The van der Waals surface area contributed by atoms with Crippen LogP contribution in [0.15, 0.2) is 24.3 Å². The van der Waals surface area contributed by atoms with Gasteiger partial charge in [-0.2, -0.15) is 0 Å². The minimum atomic E-state index is -0.433. The number of hydrogen-bond acceptors (Lipinski definition) is 3. The van der Waals surface area contributed by atoms with Crippen molar-refractivity contribution in [3.8, 4) is 0 Å². The van der Waals surface area contributed by atoms with Crippen molar-refractivity contribution in [3.63, 3.8) is 0 Å². The monoisotopic (exact) mass is 283 g/mol. The van der Waals surface area contributed by atoms with Gasteiger partial charge in [0.1, 0.15) is 6.04 Å². The van der Waals surface area contributed by atoms with Gasteiger partial charge in [-0.05, 0) is 43.5 Å². The number of carbonyl (C=O) groups excluding carboxylic acids is 2. The molecule has 5 nitrogen and oxygen atoms in total. The van der Waals surface area contributed by atoms with Gasteiger partial charge < -0.3 is 16.4 Å². The Hall–Kier alpha value is -1.75. The highest BCUT2D eigenvalue weighted by Gasteiger charge is 2.22. The number of halogens is 1. The number of hydrogen-bond donors (Lipinski definition) is 3. The van der Waals surface area contributed by atoms with Crippen LogP contribution in [0.2, 0.25) is 0 Å². The molecule has 0 spiro atoms. The Balaban J connectivity index is 0.00000180. The predicted molar refractivity (Wildman–Crippen MR) is 76.2 cm³/mol. The number of carbonyl (C=O) groups is 2. The van der Waals surface area contributed by atoms with Crippen molar-refractivity contribution in [3.05, 3.63) is 29.8 Å². The van der Waals surface area contributed by atoms with E-state index in [2.05, 4.69) is 10.6 Å². The zero-order chi connectivity index (χ0) is 13.0. The van der Waals surface area contributed by atoms with Gasteiger partial charge in [-0.15, -0.1) is 12.4 Å². The van der Waals surface area contributed by atoms with E-state index in [4.69, 9.17) is 5.73 Å². The molecule has 0 radical (unpaired) electrons. The number of nitrogen functional groups attached to an aromatic ring is 1. The Labute approximate surface area is 118 Å². The van der Waals surface area contributed by atoms with Crippen molar-refractivity contribution in [1.82, 2.24) is 10.6 Å². The molecule has 1 aromatic carbocycles. The van der Waals surface area contributed by atoms with E-state index in [1.807, 2.05) is 0 Å². The zero-order valence-corrected chi connectivity index (χ0v) is 11.3. The van der Waals surface area contributed by atoms with Crippen LogP contribution in [0.1, 0.15) is 29.6 Å². The SMILES string of the molecule is Cl.Nc1ccc(C(=O)NC2CCCCNC2=O)cc1. The van der Waals surface area contributed by atoms with Crippen LogP contribution in [0.25, 0.3) is 0 Å². The second-order valence-electron chi connectivity index (χ2n) is 4.43. The van der Waals surface area contributed by atoms with Crippen LogP contribution in [0, 0.1) is 0 Å². The van der Waals surface area contributed by atoms with Gasteiger partial charge in [0, 0.05) is 17.8 Å². The van der Waals surface area contributed by atoms with Crippen LogP contribution in [0.4, 0.5) is 5.69 Å². The van der Waals surface area contributed by atoms with Crippen LogP contribution in [-0.2, 0) is 4.79 Å². The summed E-state index contributed by atoms with van der Waals surface area (Å²) >= 11 is 0. The average Bonchev–Trinajstić information content (AvgIpc) is 2.56. The first-order valence-corrected chi connectivity index (χ1v) is 6.11. The molecule has 2 amide bonds. The number of anilines is 1. The molecule has 0 bridgehead atoms. The molecule has 1 unspecified atom stereocenters. The van der Waals surface area contributed by atoms with E-state index in [0.29, 0.717) is 24.2 Å². The van der Waals surface area contributed by atoms with Crippen LogP contribution in [0.3, 0.4) is 0 Å². The number of rotatable bonds is 2. The van der Waals surface area contributed by atoms with Crippen molar-refractivity contribution >= 4 is 29.9 Å². The molecule has 1 aromatic rings. The highest BCUT2D eigenvalue weighted by Crippen LogP contribution is 2.09. The van der Waals surface area contributed by atoms with Gasteiger partial charge in [0.2, 0.25) is 5.91 Å². The minimum absolute atomic E-state index is 0. The van der Waals surface area contributed by atoms with Gasteiger partial charge in [-0.3, -0.25) is 9.59 Å². The summed E-state index contributed by atoms with van der Waals surface area (Å²) in [6.45, 7) is 0.688. The van der Waals surface area contributed by atoms with Crippen molar-refractivity contribution in [2.45, 2.75) is 25.3 Å². The topological polar surface area (TPSA) is 84.2 Å². The molecule has 1 fully saturated rings. The van der Waals surface area contributed by atoms with Crippen molar-refractivity contribution in [2.24, 2.45) is 0 Å². The van der Waals surface area contributed by atoms with Crippen molar-refractivity contribution in [1.29, 1.82) is 0 Å². The van der Waals surface area contributed by atoms with E-state index in [-0.39, 0.29) is 24.2 Å². The molecule has 4 N–H and O–H groups in total. The molecular weight excluding hydrogens is 266 g/mol. The third kappa shape index (κ3) is 4.13. The average molecular weight is 284 g/mol. The lowest BCUT2D eigenvalue weighted by Gasteiger charge is -2.15. The zero-order valence-electron chi connectivity index (χ0n) is 10.5. The Morgan fingerprint density at radius 1 is 1.26 bits per heavy atom. The predicted octanol–water partition coefficient (Wildman–Crippen LogP) is 1.09. The number of nitrogens with one attached hydrogen (secondary N) is 2. The molecule has 0 saturated carbocycles. The molecule has 1 atom stereocenters. The molecule has 6 heteroatoms. The first-order valence-electron chi connectivity index (χ1n) is 6.11. The van der Waals surface area contributed by atoms with Crippen LogP contribution >= 0.6 is 12.4 Å². The second kappa shape index (κ2) is 6.99. The lowest BCUT2D eigenvalue weighted by Crippen LogP contribution is -2.45. The summed E-state index contributed by atoms with van der Waals surface area (Å²) in [4.78, 5) is 23.6. The van der Waals surface area contributed by atoms with E-state index in [1.165, 1.54) is 0 Å². The van der Waals surface area contributed by atoms with Crippen molar-refractivity contribution < 1.29 is 9.59 Å². The summed E-state index contributed by atoms with van der Waals surface area (Å²) in [5, 5.41) is 5.54. The summed E-state index contributed by atoms with van der Waals surface area (Å²) in [7, 11) is 0. The lowest BCUT2D eigenvalue weighted by molar-refractivity contribution is -0.122. The van der Waals surface area contributed by atoms with E-state index >= 15 is 0 Å². The smallest absolute Gasteiger partial charge is 0.251 e. The summed E-state index contributed by atoms with van der Waals surface area (Å²) < 4.78 is 0. The summed E-state index contributed by atoms with van der Waals surface area (Å²) in [6.07, 6.45) is 2.58. The standard InChI is InChI=1S/C13H17N3O2.ClH/c14-10-6-4-9(5-7-10)12(17)16-11-3-1-2-8-15-13(11)18;/h4-7,11H,1-3,8,14H2,(H,15,18)(H,16,17);1H. The molecule has 1 heterocycles. The maximum Gasteiger partial charge on any atom is 0.251 e. The molecule has 19 heavy (non-hydrogen) atoms. The second-order valence-corrected chi connectivity index (χ2v) is 4.43. The Morgan fingerprint density at radius 2 is 1.95 bits per heavy atom. The number of amides is 2. The lowest BCUT2D eigenvalue weighted by atomic mass is 10.1. The summed E-state index contributed by atoms with van der Waals surface area (Å²) in [6, 6.07) is 6.21. The third-order valence-electron chi connectivity index (χ3n) is 3.01. The Bertz CT molecular complexity index is 448. The maximum absolute atomic E-state index is 12.0. The minimum Gasteiger partial charge on any atom is -0.399 e. The van der Waals surface area contributed by atoms with Gasteiger partial charge in [0.25, 0.3) is 5.91 Å². The first-order chi connectivity index (χ1) is 8.66. The van der Waals surface area contributed by atoms with Crippen LogP contribution < -0.4 is 16.4 Å². The highest BCUT2D eigenvalue weighted by atomic mass is 35.5. The molecule has 2 rings (SSSR count). The molecule has 104 valence electrons. The molecule has 0 aromatic heterocycles. The Kier molecular flexibility index (Phi) is 5.63. The molecule has 1 saturated heterocycles. The normalized spacial score (nSPS) is 18.7.